The van der Waals surface area contributed by atoms with Gasteiger partial charge in [0.25, 0.3) is 0 Å². The fourth-order valence-corrected chi connectivity index (χ4v) is 2.95. The second-order valence-electron chi connectivity index (χ2n) is 6.60. The molecule has 0 aromatic heterocycles. The number of amides is 1. The van der Waals surface area contributed by atoms with Crippen LogP contribution in [-0.4, -0.2) is 30.8 Å². The molecule has 122 valence electrons. The lowest BCUT2D eigenvalue weighted by atomic mass is 10.0. The van der Waals surface area contributed by atoms with E-state index in [1.165, 1.54) is 0 Å². The van der Waals surface area contributed by atoms with Crippen molar-refractivity contribution < 1.29 is 9.53 Å². The molecule has 0 radical (unpaired) electrons. The van der Waals surface area contributed by atoms with Gasteiger partial charge in [0.15, 0.2) is 0 Å². The van der Waals surface area contributed by atoms with Crippen LogP contribution in [0, 0.1) is 0 Å². The maximum absolute atomic E-state index is 11.9. The number of carbonyl (C=O) groups is 1. The van der Waals surface area contributed by atoms with Gasteiger partial charge in [-0.3, -0.25) is 0 Å². The summed E-state index contributed by atoms with van der Waals surface area (Å²) in [7, 11) is 0. The van der Waals surface area contributed by atoms with Crippen LogP contribution in [-0.2, 0) is 4.74 Å². The first-order valence-corrected chi connectivity index (χ1v) is 8.34. The van der Waals surface area contributed by atoms with Crippen LogP contribution in [0.2, 0.25) is 0 Å². The minimum atomic E-state index is -0.479. The summed E-state index contributed by atoms with van der Waals surface area (Å²) in [5.41, 5.74) is 7.40. The number of alkyl carbamates (subject to hydrolysis) is 1. The summed E-state index contributed by atoms with van der Waals surface area (Å²) < 4.78 is 6.22. The van der Waals surface area contributed by atoms with E-state index in [0.29, 0.717) is 0 Å². The Morgan fingerprint density at radius 2 is 2.18 bits per heavy atom. The van der Waals surface area contributed by atoms with E-state index >= 15 is 0 Å². The molecule has 1 aliphatic rings. The van der Waals surface area contributed by atoms with Crippen molar-refractivity contribution in [3.05, 3.63) is 22.7 Å². The third kappa shape index (κ3) is 4.53. The molecule has 5 nitrogen and oxygen atoms in total. The second-order valence-corrected chi connectivity index (χ2v) is 7.46. The Labute approximate surface area is 140 Å². The molecular weight excluding hydrogens is 346 g/mol. The number of carbonyl (C=O) groups excluding carboxylic acids is 1. The smallest absolute Gasteiger partial charge is 0.407 e. The minimum absolute atomic E-state index is 0.0713. The summed E-state index contributed by atoms with van der Waals surface area (Å²) in [4.78, 5) is 14.1. The zero-order valence-electron chi connectivity index (χ0n) is 13.4. The maximum atomic E-state index is 11.9. The summed E-state index contributed by atoms with van der Waals surface area (Å²) >= 11 is 3.46. The highest BCUT2D eigenvalue weighted by atomic mass is 79.9. The van der Waals surface area contributed by atoms with E-state index in [2.05, 4.69) is 26.1 Å². The molecule has 1 amide bonds. The molecule has 0 aliphatic carbocycles. The van der Waals surface area contributed by atoms with Gasteiger partial charge < -0.3 is 20.7 Å². The number of nitrogen functional groups attached to an aromatic ring is 1. The second kappa shape index (κ2) is 6.77. The highest BCUT2D eigenvalue weighted by Crippen LogP contribution is 2.32. The van der Waals surface area contributed by atoms with Crippen LogP contribution >= 0.6 is 15.9 Å². The summed E-state index contributed by atoms with van der Waals surface area (Å²) in [6.07, 6.45) is 1.59. The first-order chi connectivity index (χ1) is 10.3. The van der Waals surface area contributed by atoms with Crippen LogP contribution in [0.15, 0.2) is 22.7 Å². The fourth-order valence-electron chi connectivity index (χ4n) is 2.59. The van der Waals surface area contributed by atoms with E-state index in [1.807, 2.05) is 39.0 Å². The van der Waals surface area contributed by atoms with Gasteiger partial charge in [-0.25, -0.2) is 4.79 Å². The summed E-state index contributed by atoms with van der Waals surface area (Å²) in [6.45, 7) is 7.26. The molecule has 0 spiro atoms. The highest BCUT2D eigenvalue weighted by molar-refractivity contribution is 9.10. The topological polar surface area (TPSA) is 67.6 Å². The number of benzene rings is 1. The van der Waals surface area contributed by atoms with E-state index in [-0.39, 0.29) is 12.1 Å². The summed E-state index contributed by atoms with van der Waals surface area (Å²) in [5.74, 6) is 0. The number of hydrogen-bond acceptors (Lipinski definition) is 4. The molecular formula is C16H24BrN3O2. The number of para-hydroxylation sites is 1. The first kappa shape index (κ1) is 16.9. The Bertz CT molecular complexity index is 543. The van der Waals surface area contributed by atoms with Crippen LogP contribution in [0.1, 0.15) is 33.6 Å². The SMILES string of the molecule is CC(C)(C)OC(=O)N[C@@H]1CCCN(c2cccc(Br)c2N)C1. The number of nitrogens with zero attached hydrogens (tertiary/aromatic N) is 1. The monoisotopic (exact) mass is 369 g/mol. The molecule has 1 aliphatic heterocycles. The van der Waals surface area contributed by atoms with Crippen molar-refractivity contribution in [1.29, 1.82) is 0 Å². The van der Waals surface area contributed by atoms with Gasteiger partial charge in [0, 0.05) is 23.6 Å². The predicted molar refractivity (Wildman–Crippen MR) is 93.2 cm³/mol. The predicted octanol–water partition coefficient (Wildman–Crippen LogP) is 3.52. The van der Waals surface area contributed by atoms with Gasteiger partial charge in [-0.05, 0) is 61.7 Å². The van der Waals surface area contributed by atoms with Crippen molar-refractivity contribution in [1.82, 2.24) is 5.32 Å². The summed E-state index contributed by atoms with van der Waals surface area (Å²) in [6, 6.07) is 5.98. The molecule has 1 aromatic carbocycles. The molecule has 0 saturated carbocycles. The van der Waals surface area contributed by atoms with Crippen molar-refractivity contribution in [3.63, 3.8) is 0 Å². The number of nitrogens with two attached hydrogens (primary N) is 1. The lowest BCUT2D eigenvalue weighted by molar-refractivity contribution is 0.0500. The first-order valence-electron chi connectivity index (χ1n) is 7.55. The molecule has 22 heavy (non-hydrogen) atoms. The van der Waals surface area contributed by atoms with E-state index in [4.69, 9.17) is 10.5 Å². The zero-order chi connectivity index (χ0) is 16.3. The molecule has 1 saturated heterocycles. The van der Waals surface area contributed by atoms with E-state index in [9.17, 15) is 4.79 Å². The van der Waals surface area contributed by atoms with Crippen LogP contribution in [0.25, 0.3) is 0 Å². The van der Waals surface area contributed by atoms with Crippen molar-refractivity contribution in [2.75, 3.05) is 23.7 Å². The van der Waals surface area contributed by atoms with E-state index < -0.39 is 5.60 Å². The number of ether oxygens (including phenoxy) is 1. The normalized spacial score (nSPS) is 18.9. The van der Waals surface area contributed by atoms with Crippen molar-refractivity contribution in [2.45, 2.75) is 45.3 Å². The third-order valence-electron chi connectivity index (χ3n) is 3.51. The highest BCUT2D eigenvalue weighted by Gasteiger charge is 2.25. The third-order valence-corrected chi connectivity index (χ3v) is 4.20. The van der Waals surface area contributed by atoms with Gasteiger partial charge >= 0.3 is 6.09 Å². The van der Waals surface area contributed by atoms with E-state index in [0.717, 1.165) is 41.8 Å². The number of piperidine rings is 1. The Morgan fingerprint density at radius 1 is 1.45 bits per heavy atom. The standard InChI is InChI=1S/C16H24BrN3O2/c1-16(2,3)22-15(21)19-11-6-5-9-20(10-11)13-8-4-7-12(17)14(13)18/h4,7-8,11H,5-6,9-10,18H2,1-3H3,(H,19,21)/t11-/m1/s1. The molecule has 2 rings (SSSR count). The molecule has 1 atom stereocenters. The Balaban J connectivity index is 2.00. The molecule has 1 heterocycles. The van der Waals surface area contributed by atoms with Crippen molar-refractivity contribution in [3.8, 4) is 0 Å². The van der Waals surface area contributed by atoms with Gasteiger partial charge in [-0.1, -0.05) is 6.07 Å². The average molecular weight is 370 g/mol. The van der Waals surface area contributed by atoms with Crippen molar-refractivity contribution >= 4 is 33.4 Å². The lowest BCUT2D eigenvalue weighted by Crippen LogP contribution is -2.49. The van der Waals surface area contributed by atoms with Crippen LogP contribution in [0.5, 0.6) is 0 Å². The van der Waals surface area contributed by atoms with Gasteiger partial charge in [-0.15, -0.1) is 0 Å². The Kier molecular flexibility index (Phi) is 5.21. The molecule has 3 N–H and O–H groups in total. The van der Waals surface area contributed by atoms with Gasteiger partial charge in [0.2, 0.25) is 0 Å². The fraction of sp³-hybridized carbons (Fsp3) is 0.562. The maximum Gasteiger partial charge on any atom is 0.407 e. The zero-order valence-corrected chi connectivity index (χ0v) is 14.9. The molecule has 0 bridgehead atoms. The Hall–Kier alpha value is -1.43. The van der Waals surface area contributed by atoms with Gasteiger partial charge in [0.1, 0.15) is 5.60 Å². The number of nitrogens with one attached hydrogen (secondary N) is 1. The molecule has 1 aromatic rings. The largest absolute Gasteiger partial charge is 0.444 e. The molecule has 1 fully saturated rings. The molecule has 0 unspecified atom stereocenters. The van der Waals surface area contributed by atoms with Crippen LogP contribution in [0.3, 0.4) is 0 Å². The van der Waals surface area contributed by atoms with Gasteiger partial charge in [-0.2, -0.15) is 0 Å². The minimum Gasteiger partial charge on any atom is -0.444 e. The number of halogens is 1. The van der Waals surface area contributed by atoms with Crippen molar-refractivity contribution in [2.24, 2.45) is 0 Å². The van der Waals surface area contributed by atoms with Crippen LogP contribution in [0.4, 0.5) is 16.2 Å². The van der Waals surface area contributed by atoms with Gasteiger partial charge in [0.05, 0.1) is 11.4 Å². The van der Waals surface area contributed by atoms with E-state index in [1.54, 1.807) is 0 Å². The number of rotatable bonds is 2. The lowest BCUT2D eigenvalue weighted by Gasteiger charge is -2.35. The quantitative estimate of drug-likeness (QED) is 0.782. The Morgan fingerprint density at radius 3 is 2.86 bits per heavy atom. The summed E-state index contributed by atoms with van der Waals surface area (Å²) in [5, 5.41) is 2.95. The molecule has 6 heteroatoms. The van der Waals surface area contributed by atoms with Crippen LogP contribution < -0.4 is 16.0 Å². The number of anilines is 2. The average Bonchev–Trinajstić information content (AvgIpc) is 2.40. The number of hydrogen-bond donors (Lipinski definition) is 2.